The summed E-state index contributed by atoms with van der Waals surface area (Å²) in [6, 6.07) is 6.65. The minimum atomic E-state index is -3.66. The highest BCUT2D eigenvalue weighted by Gasteiger charge is 2.41. The second kappa shape index (κ2) is 5.20. The van der Waals surface area contributed by atoms with Crippen LogP contribution in [0, 0.1) is 5.41 Å². The van der Waals surface area contributed by atoms with Gasteiger partial charge in [-0.15, -0.1) is 0 Å². The van der Waals surface area contributed by atoms with E-state index >= 15 is 0 Å². The number of aliphatic hydroxyl groups is 1. The number of nitrogens with one attached hydrogen (secondary N) is 1. The standard InChI is InChI=1S/C13H20N2O3S/c1-10(15-8-13(9-16)5-6-13)11-3-2-4-12(7-11)19(14,17)18/h2-4,7,10,15-16H,5-6,8-9H2,1H3,(H2,14,17,18). The fraction of sp³-hybridized carbons (Fsp3) is 0.538. The van der Waals surface area contributed by atoms with E-state index < -0.39 is 10.0 Å². The van der Waals surface area contributed by atoms with Crippen LogP contribution in [-0.4, -0.2) is 26.7 Å². The SMILES string of the molecule is CC(NCC1(CO)CC1)c1cccc(S(N)(=O)=O)c1. The van der Waals surface area contributed by atoms with Crippen molar-refractivity contribution in [3.05, 3.63) is 29.8 Å². The first-order valence-electron chi connectivity index (χ1n) is 6.33. The highest BCUT2D eigenvalue weighted by atomic mass is 32.2. The van der Waals surface area contributed by atoms with Crippen LogP contribution in [0.5, 0.6) is 0 Å². The van der Waals surface area contributed by atoms with Gasteiger partial charge in [-0.05, 0) is 37.5 Å². The van der Waals surface area contributed by atoms with Gasteiger partial charge in [0.15, 0.2) is 0 Å². The van der Waals surface area contributed by atoms with E-state index in [4.69, 9.17) is 5.14 Å². The maximum absolute atomic E-state index is 11.3. The lowest BCUT2D eigenvalue weighted by molar-refractivity contribution is 0.204. The molecule has 1 aliphatic carbocycles. The summed E-state index contributed by atoms with van der Waals surface area (Å²) in [4.78, 5) is 0.127. The Morgan fingerprint density at radius 3 is 2.68 bits per heavy atom. The number of sulfonamides is 1. The van der Waals surface area contributed by atoms with Gasteiger partial charge in [0.25, 0.3) is 0 Å². The van der Waals surface area contributed by atoms with Crippen molar-refractivity contribution in [3.8, 4) is 0 Å². The number of nitrogens with two attached hydrogens (primary N) is 1. The molecule has 2 rings (SSSR count). The summed E-state index contributed by atoms with van der Waals surface area (Å²) in [6.45, 7) is 2.91. The van der Waals surface area contributed by atoms with Gasteiger partial charge in [0.05, 0.1) is 4.90 Å². The molecular formula is C13H20N2O3S. The molecule has 1 aromatic rings. The molecule has 1 atom stereocenters. The van der Waals surface area contributed by atoms with Crippen LogP contribution >= 0.6 is 0 Å². The van der Waals surface area contributed by atoms with E-state index in [1.165, 1.54) is 6.07 Å². The Kier molecular flexibility index (Phi) is 3.96. The second-order valence-corrected chi connectivity index (χ2v) is 6.94. The molecule has 106 valence electrons. The van der Waals surface area contributed by atoms with Gasteiger partial charge >= 0.3 is 0 Å². The largest absolute Gasteiger partial charge is 0.396 e. The van der Waals surface area contributed by atoms with Gasteiger partial charge in [-0.1, -0.05) is 12.1 Å². The smallest absolute Gasteiger partial charge is 0.238 e. The van der Waals surface area contributed by atoms with Crippen molar-refractivity contribution in [2.24, 2.45) is 10.6 Å². The van der Waals surface area contributed by atoms with Crippen molar-refractivity contribution in [1.82, 2.24) is 5.32 Å². The fourth-order valence-corrected chi connectivity index (χ4v) is 2.58. The number of hydrogen-bond donors (Lipinski definition) is 3. The van der Waals surface area contributed by atoms with E-state index in [2.05, 4.69) is 5.32 Å². The lowest BCUT2D eigenvalue weighted by Gasteiger charge is -2.19. The van der Waals surface area contributed by atoms with Crippen LogP contribution in [0.4, 0.5) is 0 Å². The summed E-state index contributed by atoms with van der Waals surface area (Å²) < 4.78 is 22.6. The molecule has 6 heteroatoms. The summed E-state index contributed by atoms with van der Waals surface area (Å²) in [5.41, 5.74) is 0.909. The highest BCUT2D eigenvalue weighted by molar-refractivity contribution is 7.89. The van der Waals surface area contributed by atoms with Crippen molar-refractivity contribution >= 4 is 10.0 Å². The van der Waals surface area contributed by atoms with Crippen molar-refractivity contribution in [2.45, 2.75) is 30.7 Å². The summed E-state index contributed by atoms with van der Waals surface area (Å²) in [7, 11) is -3.66. The van der Waals surface area contributed by atoms with Crippen LogP contribution in [0.25, 0.3) is 0 Å². The summed E-state index contributed by atoms with van der Waals surface area (Å²) in [5.74, 6) is 0. The molecule has 0 aromatic heterocycles. The van der Waals surface area contributed by atoms with Gasteiger partial charge in [0.1, 0.15) is 0 Å². The third kappa shape index (κ3) is 3.54. The lowest BCUT2D eigenvalue weighted by atomic mass is 10.1. The van der Waals surface area contributed by atoms with E-state index in [0.717, 1.165) is 24.9 Å². The summed E-state index contributed by atoms with van der Waals surface area (Å²) >= 11 is 0. The molecular weight excluding hydrogens is 264 g/mol. The third-order valence-electron chi connectivity index (χ3n) is 3.76. The lowest BCUT2D eigenvalue weighted by Crippen LogP contribution is -2.29. The molecule has 1 unspecified atom stereocenters. The maximum atomic E-state index is 11.3. The topological polar surface area (TPSA) is 92.4 Å². The molecule has 19 heavy (non-hydrogen) atoms. The zero-order valence-electron chi connectivity index (χ0n) is 11.0. The van der Waals surface area contributed by atoms with Gasteiger partial charge < -0.3 is 10.4 Å². The first kappa shape index (κ1) is 14.5. The first-order valence-corrected chi connectivity index (χ1v) is 7.88. The number of primary sulfonamides is 1. The van der Waals surface area contributed by atoms with Gasteiger partial charge in [-0.25, -0.2) is 13.6 Å². The molecule has 1 aliphatic rings. The van der Waals surface area contributed by atoms with E-state index in [-0.39, 0.29) is 23.0 Å². The third-order valence-corrected chi connectivity index (χ3v) is 4.67. The molecule has 5 nitrogen and oxygen atoms in total. The average molecular weight is 284 g/mol. The van der Waals surface area contributed by atoms with Crippen LogP contribution in [0.3, 0.4) is 0 Å². The number of hydrogen-bond acceptors (Lipinski definition) is 4. The van der Waals surface area contributed by atoms with Gasteiger partial charge in [-0.2, -0.15) is 0 Å². The Hall–Kier alpha value is -0.950. The van der Waals surface area contributed by atoms with E-state index in [9.17, 15) is 13.5 Å². The minimum absolute atomic E-state index is 0.0192. The zero-order chi connectivity index (χ0) is 14.1. The predicted octanol–water partition coefficient (Wildman–Crippen LogP) is 0.757. The van der Waals surface area contributed by atoms with Crippen molar-refractivity contribution in [1.29, 1.82) is 0 Å². The molecule has 1 saturated carbocycles. The molecule has 1 fully saturated rings. The number of aliphatic hydroxyl groups excluding tert-OH is 1. The van der Waals surface area contributed by atoms with Crippen LogP contribution in [0.2, 0.25) is 0 Å². The fourth-order valence-electron chi connectivity index (χ4n) is 2.02. The Morgan fingerprint density at radius 1 is 1.47 bits per heavy atom. The normalized spacial score (nSPS) is 19.1. The molecule has 4 N–H and O–H groups in total. The average Bonchev–Trinajstić information content (AvgIpc) is 3.16. The molecule has 0 aliphatic heterocycles. The Bertz CT molecular complexity index is 553. The van der Waals surface area contributed by atoms with E-state index in [1.54, 1.807) is 12.1 Å². The van der Waals surface area contributed by atoms with Gasteiger partial charge in [-0.3, -0.25) is 0 Å². The quantitative estimate of drug-likeness (QED) is 0.719. The zero-order valence-corrected chi connectivity index (χ0v) is 11.8. The summed E-state index contributed by atoms with van der Waals surface area (Å²) in [5, 5.41) is 17.7. The first-order chi connectivity index (χ1) is 8.86. The van der Waals surface area contributed by atoms with Gasteiger partial charge in [0, 0.05) is 24.6 Å². The van der Waals surface area contributed by atoms with Crippen LogP contribution in [0.1, 0.15) is 31.4 Å². The Labute approximate surface area is 113 Å². The molecule has 0 saturated heterocycles. The molecule has 0 spiro atoms. The minimum Gasteiger partial charge on any atom is -0.396 e. The highest BCUT2D eigenvalue weighted by Crippen LogP contribution is 2.44. The van der Waals surface area contributed by atoms with Crippen LogP contribution < -0.4 is 10.5 Å². The van der Waals surface area contributed by atoms with Crippen molar-refractivity contribution in [3.63, 3.8) is 0 Å². The van der Waals surface area contributed by atoms with E-state index in [0.29, 0.717) is 0 Å². The van der Waals surface area contributed by atoms with Crippen molar-refractivity contribution < 1.29 is 13.5 Å². The molecule has 0 heterocycles. The number of benzene rings is 1. The van der Waals surface area contributed by atoms with Crippen molar-refractivity contribution in [2.75, 3.05) is 13.2 Å². The van der Waals surface area contributed by atoms with E-state index in [1.807, 2.05) is 13.0 Å². The predicted molar refractivity (Wildman–Crippen MR) is 73.0 cm³/mol. The maximum Gasteiger partial charge on any atom is 0.238 e. The Balaban J connectivity index is 2.05. The molecule has 1 aromatic carbocycles. The number of rotatable bonds is 6. The monoisotopic (exact) mass is 284 g/mol. The van der Waals surface area contributed by atoms with Gasteiger partial charge in [0.2, 0.25) is 10.0 Å². The molecule has 0 bridgehead atoms. The Morgan fingerprint density at radius 2 is 2.16 bits per heavy atom. The van der Waals surface area contributed by atoms with Crippen LogP contribution in [0.15, 0.2) is 29.2 Å². The summed E-state index contributed by atoms with van der Waals surface area (Å²) in [6.07, 6.45) is 2.08. The molecule has 0 radical (unpaired) electrons. The second-order valence-electron chi connectivity index (χ2n) is 5.38. The molecule has 0 amide bonds. The van der Waals surface area contributed by atoms with Crippen LogP contribution in [-0.2, 0) is 10.0 Å².